The zero-order valence-corrected chi connectivity index (χ0v) is 14.0. The van der Waals surface area contributed by atoms with Crippen molar-refractivity contribution < 1.29 is 19.1 Å². The number of carbonyl (C=O) groups excluding carboxylic acids is 2. The van der Waals surface area contributed by atoms with Gasteiger partial charge in [0, 0.05) is 18.2 Å². The molecule has 1 amide bonds. The Morgan fingerprint density at radius 1 is 1.20 bits per heavy atom. The molecule has 0 unspecified atom stereocenters. The van der Waals surface area contributed by atoms with Crippen LogP contribution in [0.4, 0.5) is 4.39 Å². The number of H-pyrrole nitrogens is 1. The van der Waals surface area contributed by atoms with Crippen LogP contribution in [0.2, 0.25) is 0 Å². The van der Waals surface area contributed by atoms with E-state index < -0.39 is 11.7 Å². The van der Waals surface area contributed by atoms with Crippen molar-refractivity contribution in [2.45, 2.75) is 26.3 Å². The van der Waals surface area contributed by atoms with E-state index in [1.54, 1.807) is 24.3 Å². The van der Waals surface area contributed by atoms with Crippen LogP contribution in [-0.2, 0) is 16.0 Å². The van der Waals surface area contributed by atoms with Crippen LogP contribution in [0.5, 0.6) is 0 Å². The van der Waals surface area contributed by atoms with Gasteiger partial charge in [0.25, 0.3) is 11.7 Å². The molecule has 0 spiro atoms. The van der Waals surface area contributed by atoms with E-state index in [0.717, 1.165) is 11.3 Å². The van der Waals surface area contributed by atoms with Crippen molar-refractivity contribution in [2.75, 3.05) is 6.54 Å². The molecule has 1 fully saturated rings. The summed E-state index contributed by atoms with van der Waals surface area (Å²) in [4.78, 5) is 28.5. The van der Waals surface area contributed by atoms with E-state index in [-0.39, 0.29) is 29.7 Å². The first kappa shape index (κ1) is 17.0. The fourth-order valence-electron chi connectivity index (χ4n) is 2.84. The predicted molar refractivity (Wildman–Crippen MR) is 91.4 cm³/mol. The third kappa shape index (κ3) is 3.33. The molecule has 1 saturated heterocycles. The summed E-state index contributed by atoms with van der Waals surface area (Å²) in [6.07, 6.45) is 0.536. The third-order valence-electron chi connectivity index (χ3n) is 4.28. The van der Waals surface area contributed by atoms with Gasteiger partial charge < -0.3 is 15.0 Å². The Bertz CT molecular complexity index is 850. The Balaban J connectivity index is 1.83. The molecule has 5 nitrogen and oxygen atoms in total. The van der Waals surface area contributed by atoms with Gasteiger partial charge in [0.1, 0.15) is 11.6 Å². The summed E-state index contributed by atoms with van der Waals surface area (Å²) in [5.74, 6) is -1.75. The molecule has 1 aliphatic rings. The number of nitrogens with one attached hydrogen (secondary N) is 1. The molecule has 0 radical (unpaired) electrons. The highest BCUT2D eigenvalue weighted by molar-refractivity contribution is 6.46. The van der Waals surface area contributed by atoms with Gasteiger partial charge in [-0.25, -0.2) is 4.39 Å². The van der Waals surface area contributed by atoms with Gasteiger partial charge in [0.05, 0.1) is 17.8 Å². The Hall–Kier alpha value is -2.89. The number of halogens is 1. The van der Waals surface area contributed by atoms with Crippen molar-refractivity contribution in [1.29, 1.82) is 0 Å². The van der Waals surface area contributed by atoms with E-state index in [0.29, 0.717) is 12.1 Å². The van der Waals surface area contributed by atoms with E-state index in [9.17, 15) is 19.1 Å². The van der Waals surface area contributed by atoms with Gasteiger partial charge >= 0.3 is 0 Å². The number of aromatic nitrogens is 1. The zero-order chi connectivity index (χ0) is 18.1. The van der Waals surface area contributed by atoms with Gasteiger partial charge in [-0.1, -0.05) is 12.1 Å². The average molecular weight is 342 g/mol. The normalized spacial score (nSPS) is 16.9. The van der Waals surface area contributed by atoms with E-state index in [2.05, 4.69) is 4.98 Å². The molecule has 0 atom stereocenters. The molecule has 130 valence electrons. The van der Waals surface area contributed by atoms with Gasteiger partial charge in [-0.2, -0.15) is 0 Å². The van der Waals surface area contributed by atoms with E-state index >= 15 is 0 Å². The molecular weight excluding hydrogens is 323 g/mol. The van der Waals surface area contributed by atoms with Gasteiger partial charge in [0.2, 0.25) is 0 Å². The van der Waals surface area contributed by atoms with Crippen molar-refractivity contribution in [3.05, 3.63) is 64.7 Å². The second-order valence-electron chi connectivity index (χ2n) is 6.38. The number of carbonyl (C=O) groups is 2. The quantitative estimate of drug-likeness (QED) is 0.510. The van der Waals surface area contributed by atoms with Crippen molar-refractivity contribution in [2.24, 2.45) is 0 Å². The van der Waals surface area contributed by atoms with Crippen molar-refractivity contribution in [3.8, 4) is 0 Å². The molecule has 0 bridgehead atoms. The predicted octanol–water partition coefficient (Wildman–Crippen LogP) is 2.83. The Morgan fingerprint density at radius 3 is 2.48 bits per heavy atom. The molecule has 1 aromatic heterocycles. The second-order valence-corrected chi connectivity index (χ2v) is 6.38. The molecule has 2 N–H and O–H groups in total. The second kappa shape index (κ2) is 6.55. The molecule has 3 rings (SSSR count). The van der Waals surface area contributed by atoms with Crippen LogP contribution in [0.1, 0.15) is 30.8 Å². The zero-order valence-electron chi connectivity index (χ0n) is 14.0. The third-order valence-corrected chi connectivity index (χ3v) is 4.28. The van der Waals surface area contributed by atoms with Crippen LogP contribution in [0.25, 0.3) is 5.76 Å². The summed E-state index contributed by atoms with van der Waals surface area (Å²) in [5, 5.41) is 10.4. The number of hydrogen-bond donors (Lipinski definition) is 2. The molecule has 1 aromatic carbocycles. The molecule has 1 aliphatic heterocycles. The highest BCUT2D eigenvalue weighted by atomic mass is 19.1. The number of amides is 1. The maximum absolute atomic E-state index is 13.0. The summed E-state index contributed by atoms with van der Waals surface area (Å²) in [7, 11) is 0. The monoisotopic (exact) mass is 342 g/mol. The van der Waals surface area contributed by atoms with E-state index in [1.165, 1.54) is 17.0 Å². The topological polar surface area (TPSA) is 73.4 Å². The van der Waals surface area contributed by atoms with Gasteiger partial charge in [-0.15, -0.1) is 0 Å². The smallest absolute Gasteiger partial charge is 0.295 e. The first-order valence-corrected chi connectivity index (χ1v) is 8.07. The highest BCUT2D eigenvalue weighted by Crippen LogP contribution is 2.24. The summed E-state index contributed by atoms with van der Waals surface area (Å²) in [5.41, 5.74) is 2.22. The van der Waals surface area contributed by atoms with Crippen molar-refractivity contribution in [1.82, 2.24) is 9.88 Å². The van der Waals surface area contributed by atoms with Crippen LogP contribution in [0.15, 0.2) is 42.0 Å². The number of aromatic amines is 1. The number of Topliss-reactive ketones (excluding diaryl/α,β-unsaturated/α-hetero) is 1. The lowest BCUT2D eigenvalue weighted by Crippen LogP contribution is -2.33. The van der Waals surface area contributed by atoms with Crippen LogP contribution in [0, 0.1) is 5.82 Å². The SMILES string of the molecule is CC(C)N1CC(=C(O)c2ccc(Cc3ccc(F)cc3)[nH]2)C(=O)C1=O. The molecule has 0 saturated carbocycles. The molecule has 0 aliphatic carbocycles. The first-order valence-electron chi connectivity index (χ1n) is 8.07. The highest BCUT2D eigenvalue weighted by Gasteiger charge is 2.38. The van der Waals surface area contributed by atoms with Crippen LogP contribution in [0.3, 0.4) is 0 Å². The number of ketones is 1. The number of likely N-dealkylation sites (tertiary alicyclic amines) is 1. The number of nitrogens with zero attached hydrogens (tertiary/aromatic N) is 1. The fraction of sp³-hybridized carbons (Fsp3) is 0.263. The largest absolute Gasteiger partial charge is 0.505 e. The first-order chi connectivity index (χ1) is 11.9. The minimum atomic E-state index is -0.666. The van der Waals surface area contributed by atoms with E-state index in [4.69, 9.17) is 0 Å². The summed E-state index contributed by atoms with van der Waals surface area (Å²) in [6, 6.07) is 9.50. The molecule has 25 heavy (non-hydrogen) atoms. The van der Waals surface area contributed by atoms with Gasteiger partial charge in [0.15, 0.2) is 0 Å². The van der Waals surface area contributed by atoms with E-state index in [1.807, 2.05) is 13.8 Å². The molecule has 2 heterocycles. The minimum absolute atomic E-state index is 0.105. The summed E-state index contributed by atoms with van der Waals surface area (Å²) in [6.45, 7) is 3.74. The van der Waals surface area contributed by atoms with Crippen LogP contribution < -0.4 is 0 Å². The van der Waals surface area contributed by atoms with Gasteiger partial charge in [-0.3, -0.25) is 9.59 Å². The maximum Gasteiger partial charge on any atom is 0.295 e. The number of rotatable bonds is 4. The Labute approximate surface area is 144 Å². The van der Waals surface area contributed by atoms with Crippen molar-refractivity contribution in [3.63, 3.8) is 0 Å². The fourth-order valence-corrected chi connectivity index (χ4v) is 2.84. The number of aliphatic hydroxyl groups excluding tert-OH is 1. The standard InChI is InChI=1S/C19H19FN2O3/c1-11(2)22-10-15(18(24)19(22)25)17(23)16-8-7-14(21-16)9-12-3-5-13(20)6-4-12/h3-8,11,21,23H,9-10H2,1-2H3. The minimum Gasteiger partial charge on any atom is -0.505 e. The number of aliphatic hydroxyl groups is 1. The van der Waals surface area contributed by atoms with Crippen LogP contribution >= 0.6 is 0 Å². The Kier molecular flexibility index (Phi) is 4.44. The summed E-state index contributed by atoms with van der Waals surface area (Å²) >= 11 is 0. The lowest BCUT2D eigenvalue weighted by molar-refractivity contribution is -0.140. The van der Waals surface area contributed by atoms with Gasteiger partial charge in [-0.05, 0) is 43.7 Å². The maximum atomic E-state index is 13.0. The summed E-state index contributed by atoms with van der Waals surface area (Å²) < 4.78 is 13.0. The number of benzene rings is 1. The number of hydrogen-bond acceptors (Lipinski definition) is 3. The lowest BCUT2D eigenvalue weighted by atomic mass is 10.1. The molecule has 6 heteroatoms. The van der Waals surface area contributed by atoms with Crippen molar-refractivity contribution >= 4 is 17.4 Å². The Morgan fingerprint density at radius 2 is 1.88 bits per heavy atom. The van der Waals surface area contributed by atoms with Crippen LogP contribution in [-0.4, -0.2) is 39.3 Å². The lowest BCUT2D eigenvalue weighted by Gasteiger charge is -2.18. The molecular formula is C19H19FN2O3. The average Bonchev–Trinajstić information content (AvgIpc) is 3.15. The molecule has 2 aromatic rings.